The van der Waals surface area contributed by atoms with Gasteiger partial charge in [0.2, 0.25) is 0 Å². The van der Waals surface area contributed by atoms with Crippen molar-refractivity contribution in [2.45, 2.75) is 45.1 Å². The molecular formula is C11H24N4. The molecule has 1 aliphatic rings. The van der Waals surface area contributed by atoms with Gasteiger partial charge in [-0.05, 0) is 44.6 Å². The van der Waals surface area contributed by atoms with Crippen molar-refractivity contribution in [1.82, 2.24) is 10.6 Å². The maximum atomic E-state index is 6.99. The molecule has 0 saturated heterocycles. The van der Waals surface area contributed by atoms with E-state index in [0.29, 0.717) is 0 Å². The quantitative estimate of drug-likeness (QED) is 0.312. The second-order valence-corrected chi connectivity index (χ2v) is 4.60. The summed E-state index contributed by atoms with van der Waals surface area (Å²) < 4.78 is 0. The number of nitrogens with two attached hydrogens (primary N) is 1. The van der Waals surface area contributed by atoms with Gasteiger partial charge in [0.25, 0.3) is 0 Å². The molecule has 0 aliphatic heterocycles. The number of nitrogens with one attached hydrogen (secondary N) is 3. The van der Waals surface area contributed by atoms with Crippen LogP contribution < -0.4 is 16.4 Å². The molecule has 0 aromatic heterocycles. The van der Waals surface area contributed by atoms with Gasteiger partial charge in [-0.25, -0.2) is 0 Å². The van der Waals surface area contributed by atoms with E-state index in [0.717, 1.165) is 31.5 Å². The van der Waals surface area contributed by atoms with Gasteiger partial charge < -0.3 is 16.4 Å². The average Bonchev–Trinajstić information content (AvgIpc) is 2.20. The van der Waals surface area contributed by atoms with Crippen LogP contribution in [0.2, 0.25) is 0 Å². The Labute approximate surface area is 92.5 Å². The molecule has 0 spiro atoms. The molecule has 0 atom stereocenters. The maximum Gasteiger partial charge on any atom is 0.185 e. The summed E-state index contributed by atoms with van der Waals surface area (Å²) in [6.45, 7) is 4.16. The van der Waals surface area contributed by atoms with Gasteiger partial charge in [-0.3, -0.25) is 5.41 Å². The molecule has 88 valence electrons. The first kappa shape index (κ1) is 12.3. The summed E-state index contributed by atoms with van der Waals surface area (Å²) in [5, 5.41) is 13.4. The molecule has 1 fully saturated rings. The topological polar surface area (TPSA) is 73.9 Å². The van der Waals surface area contributed by atoms with Gasteiger partial charge in [0.15, 0.2) is 5.96 Å². The van der Waals surface area contributed by atoms with E-state index in [4.69, 9.17) is 11.1 Å². The van der Waals surface area contributed by atoms with E-state index in [1.807, 2.05) is 0 Å². The minimum atomic E-state index is 0.0708. The van der Waals surface area contributed by atoms with Crippen molar-refractivity contribution in [2.75, 3.05) is 13.1 Å². The number of guanidine groups is 1. The Bertz CT molecular complexity index is 185. The maximum absolute atomic E-state index is 6.99. The predicted molar refractivity (Wildman–Crippen MR) is 64.0 cm³/mol. The van der Waals surface area contributed by atoms with Crippen molar-refractivity contribution in [3.05, 3.63) is 0 Å². The third-order valence-corrected chi connectivity index (χ3v) is 3.12. The molecule has 4 heteroatoms. The molecule has 0 amide bonds. The molecule has 1 saturated carbocycles. The lowest BCUT2D eigenvalue weighted by Crippen LogP contribution is -2.36. The summed E-state index contributed by atoms with van der Waals surface area (Å²) in [7, 11) is 0. The van der Waals surface area contributed by atoms with Gasteiger partial charge in [-0.15, -0.1) is 0 Å². The Morgan fingerprint density at radius 1 is 1.27 bits per heavy atom. The van der Waals surface area contributed by atoms with Crippen molar-refractivity contribution in [1.29, 1.82) is 5.41 Å². The molecule has 0 radical (unpaired) electrons. The highest BCUT2D eigenvalue weighted by atomic mass is 15.0. The molecule has 15 heavy (non-hydrogen) atoms. The number of rotatable bonds is 5. The van der Waals surface area contributed by atoms with E-state index in [-0.39, 0.29) is 5.96 Å². The van der Waals surface area contributed by atoms with E-state index >= 15 is 0 Å². The van der Waals surface area contributed by atoms with Crippen LogP contribution in [0.1, 0.15) is 39.0 Å². The minimum absolute atomic E-state index is 0.0708. The summed E-state index contributed by atoms with van der Waals surface area (Å²) in [5.74, 6) is 0.990. The van der Waals surface area contributed by atoms with Crippen LogP contribution in [0, 0.1) is 11.3 Å². The van der Waals surface area contributed by atoms with Crippen LogP contribution in [0.15, 0.2) is 0 Å². The lowest BCUT2D eigenvalue weighted by molar-refractivity contribution is 0.307. The molecule has 4 nitrogen and oxygen atoms in total. The second-order valence-electron chi connectivity index (χ2n) is 4.60. The Morgan fingerprint density at radius 2 is 1.93 bits per heavy atom. The molecule has 0 aromatic carbocycles. The molecule has 5 N–H and O–H groups in total. The third-order valence-electron chi connectivity index (χ3n) is 3.12. The molecule has 1 aliphatic carbocycles. The van der Waals surface area contributed by atoms with Crippen molar-refractivity contribution < 1.29 is 0 Å². The van der Waals surface area contributed by atoms with Crippen molar-refractivity contribution >= 4 is 5.96 Å². The summed E-state index contributed by atoms with van der Waals surface area (Å²) >= 11 is 0. The van der Waals surface area contributed by atoms with Gasteiger partial charge in [0.1, 0.15) is 0 Å². The zero-order valence-corrected chi connectivity index (χ0v) is 9.68. The first-order chi connectivity index (χ1) is 7.18. The van der Waals surface area contributed by atoms with Crippen molar-refractivity contribution in [2.24, 2.45) is 11.7 Å². The zero-order valence-electron chi connectivity index (χ0n) is 9.68. The standard InChI is InChI=1S/C11H24N4/c1-9-3-5-10(6-4-9)14-7-2-8-15-11(12)13/h9-10,14H,2-8H2,1H3,(H4,12,13,15). The number of hydrogen-bond acceptors (Lipinski definition) is 2. The predicted octanol–water partition coefficient (Wildman–Crippen LogP) is 1.03. The highest BCUT2D eigenvalue weighted by Crippen LogP contribution is 2.23. The molecule has 1 rings (SSSR count). The first-order valence-electron chi connectivity index (χ1n) is 5.99. The monoisotopic (exact) mass is 212 g/mol. The van der Waals surface area contributed by atoms with Crippen molar-refractivity contribution in [3.8, 4) is 0 Å². The normalized spacial score (nSPS) is 26.2. The van der Waals surface area contributed by atoms with Gasteiger partial charge in [-0.2, -0.15) is 0 Å². The van der Waals surface area contributed by atoms with Crippen LogP contribution >= 0.6 is 0 Å². The molecular weight excluding hydrogens is 188 g/mol. The Hall–Kier alpha value is -0.770. The van der Waals surface area contributed by atoms with Crippen LogP contribution in [0.3, 0.4) is 0 Å². The highest BCUT2D eigenvalue weighted by Gasteiger charge is 2.16. The fraction of sp³-hybridized carbons (Fsp3) is 0.909. The Kier molecular flexibility index (Phi) is 5.47. The fourth-order valence-electron chi connectivity index (χ4n) is 2.08. The van der Waals surface area contributed by atoms with E-state index in [1.54, 1.807) is 0 Å². The van der Waals surface area contributed by atoms with Gasteiger partial charge >= 0.3 is 0 Å². The summed E-state index contributed by atoms with van der Waals surface area (Å²) in [4.78, 5) is 0. The highest BCUT2D eigenvalue weighted by molar-refractivity contribution is 5.74. The third kappa shape index (κ3) is 5.62. The van der Waals surface area contributed by atoms with Gasteiger partial charge in [-0.1, -0.05) is 6.92 Å². The molecule has 0 aromatic rings. The van der Waals surface area contributed by atoms with E-state index in [1.165, 1.54) is 25.7 Å². The van der Waals surface area contributed by atoms with E-state index < -0.39 is 0 Å². The second kappa shape index (κ2) is 6.67. The van der Waals surface area contributed by atoms with E-state index in [2.05, 4.69) is 17.6 Å². The van der Waals surface area contributed by atoms with Crippen LogP contribution in [0.4, 0.5) is 0 Å². The summed E-state index contributed by atoms with van der Waals surface area (Å²) in [5.41, 5.74) is 5.18. The Morgan fingerprint density at radius 3 is 2.53 bits per heavy atom. The Balaban J connectivity index is 1.94. The lowest BCUT2D eigenvalue weighted by atomic mass is 9.87. The smallest absolute Gasteiger partial charge is 0.185 e. The summed E-state index contributed by atoms with van der Waals surface area (Å²) in [6.07, 6.45) is 6.40. The summed E-state index contributed by atoms with van der Waals surface area (Å²) in [6, 6.07) is 0.721. The molecule has 0 heterocycles. The fourth-order valence-corrected chi connectivity index (χ4v) is 2.08. The SMILES string of the molecule is CC1CCC(NCCCNC(=N)N)CC1. The van der Waals surface area contributed by atoms with Crippen LogP contribution in [-0.4, -0.2) is 25.1 Å². The minimum Gasteiger partial charge on any atom is -0.370 e. The zero-order chi connectivity index (χ0) is 11.1. The average molecular weight is 212 g/mol. The lowest BCUT2D eigenvalue weighted by Gasteiger charge is -2.27. The molecule has 0 bridgehead atoms. The van der Waals surface area contributed by atoms with Crippen molar-refractivity contribution in [3.63, 3.8) is 0 Å². The van der Waals surface area contributed by atoms with Crippen LogP contribution in [0.5, 0.6) is 0 Å². The first-order valence-corrected chi connectivity index (χ1v) is 5.99. The van der Waals surface area contributed by atoms with Gasteiger partial charge in [0.05, 0.1) is 0 Å². The van der Waals surface area contributed by atoms with Crippen LogP contribution in [-0.2, 0) is 0 Å². The van der Waals surface area contributed by atoms with Crippen LogP contribution in [0.25, 0.3) is 0 Å². The largest absolute Gasteiger partial charge is 0.370 e. The van der Waals surface area contributed by atoms with E-state index in [9.17, 15) is 0 Å². The number of hydrogen-bond donors (Lipinski definition) is 4. The van der Waals surface area contributed by atoms with Gasteiger partial charge in [0, 0.05) is 12.6 Å². The molecule has 0 unspecified atom stereocenters.